The highest BCUT2D eigenvalue weighted by Crippen LogP contribution is 2.21. The largest absolute Gasteiger partial charge is 0.397 e. The molecule has 7 heteroatoms. The Morgan fingerprint density at radius 3 is 2.89 bits per heavy atom. The van der Waals surface area contributed by atoms with Gasteiger partial charge in [0.25, 0.3) is 5.91 Å². The van der Waals surface area contributed by atoms with Crippen molar-refractivity contribution >= 4 is 17.4 Å². The molecule has 1 atom stereocenters. The van der Waals surface area contributed by atoms with Gasteiger partial charge in [0.15, 0.2) is 0 Å². The Bertz CT molecular complexity index is 551. The van der Waals surface area contributed by atoms with Crippen LogP contribution in [0.25, 0.3) is 0 Å². The maximum absolute atomic E-state index is 11.3. The summed E-state index contributed by atoms with van der Waals surface area (Å²) >= 11 is 0. The van der Waals surface area contributed by atoms with Crippen molar-refractivity contribution in [1.82, 2.24) is 15.2 Å². The average molecular weight is 246 g/mol. The van der Waals surface area contributed by atoms with Crippen molar-refractivity contribution in [2.75, 3.05) is 11.1 Å². The fourth-order valence-electron chi connectivity index (χ4n) is 1.57. The van der Waals surface area contributed by atoms with Gasteiger partial charge >= 0.3 is 0 Å². The molecule has 0 radical (unpaired) electrons. The summed E-state index contributed by atoms with van der Waals surface area (Å²) in [6, 6.07) is 1.44. The highest BCUT2D eigenvalue weighted by Gasteiger charge is 2.14. The number of amides is 1. The highest BCUT2D eigenvalue weighted by atomic mass is 16.1. The zero-order chi connectivity index (χ0) is 13.1. The molecule has 0 spiro atoms. The smallest absolute Gasteiger partial charge is 0.252 e. The van der Waals surface area contributed by atoms with E-state index in [1.807, 2.05) is 6.92 Å². The van der Waals surface area contributed by atoms with Crippen LogP contribution < -0.4 is 16.8 Å². The minimum atomic E-state index is -0.573. The van der Waals surface area contributed by atoms with Gasteiger partial charge in [0.05, 0.1) is 29.7 Å². The molecular weight excluding hydrogens is 232 g/mol. The number of pyridine rings is 1. The molecule has 7 nitrogen and oxygen atoms in total. The molecule has 6 N–H and O–H groups in total. The maximum Gasteiger partial charge on any atom is 0.252 e. The number of nitrogens with one attached hydrogen (secondary N) is 2. The monoisotopic (exact) mass is 246 g/mol. The number of rotatable bonds is 4. The number of hydrogen-bond donors (Lipinski definition) is 4. The SMILES string of the molecule is CC(Nc1ncc(N)cc1C(N)=O)c1cn[nH]c1. The van der Waals surface area contributed by atoms with Gasteiger partial charge in [0, 0.05) is 11.8 Å². The van der Waals surface area contributed by atoms with Gasteiger partial charge in [-0.15, -0.1) is 0 Å². The Kier molecular flexibility index (Phi) is 3.13. The molecule has 2 aromatic heterocycles. The molecule has 2 heterocycles. The molecule has 0 aliphatic heterocycles. The van der Waals surface area contributed by atoms with Crippen LogP contribution >= 0.6 is 0 Å². The van der Waals surface area contributed by atoms with Gasteiger partial charge < -0.3 is 16.8 Å². The van der Waals surface area contributed by atoms with E-state index >= 15 is 0 Å². The summed E-state index contributed by atoms with van der Waals surface area (Å²) in [5.74, 6) is -0.165. The third kappa shape index (κ3) is 2.40. The molecule has 0 saturated carbocycles. The number of H-pyrrole nitrogens is 1. The van der Waals surface area contributed by atoms with Gasteiger partial charge in [-0.05, 0) is 13.0 Å². The first-order valence-corrected chi connectivity index (χ1v) is 5.38. The maximum atomic E-state index is 11.3. The lowest BCUT2D eigenvalue weighted by molar-refractivity contribution is 0.100. The van der Waals surface area contributed by atoms with E-state index < -0.39 is 5.91 Å². The van der Waals surface area contributed by atoms with Gasteiger partial charge in [-0.25, -0.2) is 4.98 Å². The van der Waals surface area contributed by atoms with E-state index in [-0.39, 0.29) is 11.6 Å². The summed E-state index contributed by atoms with van der Waals surface area (Å²) in [4.78, 5) is 15.4. The van der Waals surface area contributed by atoms with Gasteiger partial charge in [0.1, 0.15) is 5.82 Å². The van der Waals surface area contributed by atoms with Crippen LogP contribution in [0.3, 0.4) is 0 Å². The number of aromatic nitrogens is 3. The standard InChI is InChI=1S/C11H14N6O/c1-6(7-3-15-16-4-7)17-11-9(10(13)18)2-8(12)5-14-11/h2-6H,12H2,1H3,(H2,13,18)(H,14,17)(H,15,16). The second-order valence-electron chi connectivity index (χ2n) is 3.93. The number of anilines is 2. The molecule has 0 aliphatic rings. The number of nitrogen functional groups attached to an aromatic ring is 1. The lowest BCUT2D eigenvalue weighted by Crippen LogP contribution is -2.17. The van der Waals surface area contributed by atoms with Crippen LogP contribution in [0, 0.1) is 0 Å². The zero-order valence-electron chi connectivity index (χ0n) is 9.84. The number of hydrogen-bond acceptors (Lipinski definition) is 5. The topological polar surface area (TPSA) is 123 Å². The Balaban J connectivity index is 2.26. The first-order chi connectivity index (χ1) is 8.58. The molecule has 0 aromatic carbocycles. The molecule has 2 rings (SSSR count). The first kappa shape index (κ1) is 11.9. The van der Waals surface area contributed by atoms with Crippen molar-refractivity contribution in [3.63, 3.8) is 0 Å². The molecule has 0 aliphatic carbocycles. The molecule has 0 fully saturated rings. The van der Waals surface area contributed by atoms with E-state index in [2.05, 4.69) is 20.5 Å². The van der Waals surface area contributed by atoms with E-state index in [0.717, 1.165) is 5.56 Å². The summed E-state index contributed by atoms with van der Waals surface area (Å²) in [6.07, 6.45) is 4.93. The number of carbonyl (C=O) groups excluding carboxylic acids is 1. The van der Waals surface area contributed by atoms with Crippen molar-refractivity contribution in [3.8, 4) is 0 Å². The normalized spacial score (nSPS) is 12.1. The Morgan fingerprint density at radius 2 is 2.28 bits per heavy atom. The predicted molar refractivity (Wildman–Crippen MR) is 67.8 cm³/mol. The summed E-state index contributed by atoms with van der Waals surface area (Å²) in [5, 5.41) is 9.67. The van der Waals surface area contributed by atoms with Crippen LogP contribution in [-0.4, -0.2) is 21.1 Å². The lowest BCUT2D eigenvalue weighted by atomic mass is 10.1. The fourth-order valence-corrected chi connectivity index (χ4v) is 1.57. The van der Waals surface area contributed by atoms with Crippen molar-refractivity contribution < 1.29 is 4.79 Å². The summed E-state index contributed by atoms with van der Waals surface area (Å²) < 4.78 is 0. The van der Waals surface area contributed by atoms with Gasteiger partial charge in [-0.2, -0.15) is 5.10 Å². The molecule has 2 aromatic rings. The molecule has 94 valence electrons. The van der Waals surface area contributed by atoms with Gasteiger partial charge in [-0.1, -0.05) is 0 Å². The zero-order valence-corrected chi connectivity index (χ0v) is 9.84. The Morgan fingerprint density at radius 1 is 1.50 bits per heavy atom. The van der Waals surface area contributed by atoms with Gasteiger partial charge in [-0.3, -0.25) is 9.89 Å². The molecule has 0 saturated heterocycles. The minimum Gasteiger partial charge on any atom is -0.397 e. The lowest BCUT2D eigenvalue weighted by Gasteiger charge is -2.15. The number of primary amides is 1. The minimum absolute atomic E-state index is 0.0574. The summed E-state index contributed by atoms with van der Waals surface area (Å²) in [5.41, 5.74) is 12.5. The van der Waals surface area contributed by atoms with E-state index in [4.69, 9.17) is 11.5 Å². The second-order valence-corrected chi connectivity index (χ2v) is 3.93. The molecular formula is C11H14N6O. The fraction of sp³-hybridized carbons (Fsp3) is 0.182. The molecule has 1 unspecified atom stereocenters. The second kappa shape index (κ2) is 4.74. The van der Waals surface area contributed by atoms with E-state index in [1.54, 1.807) is 12.4 Å². The van der Waals surface area contributed by atoms with Gasteiger partial charge in [0.2, 0.25) is 0 Å². The van der Waals surface area contributed by atoms with E-state index in [1.165, 1.54) is 12.3 Å². The van der Waals surface area contributed by atoms with Crippen LogP contribution in [0.4, 0.5) is 11.5 Å². The number of nitrogens with zero attached hydrogens (tertiary/aromatic N) is 2. The molecule has 0 bridgehead atoms. The quantitative estimate of drug-likeness (QED) is 0.631. The number of carbonyl (C=O) groups is 1. The van der Waals surface area contributed by atoms with Crippen LogP contribution in [0.2, 0.25) is 0 Å². The average Bonchev–Trinajstić information content (AvgIpc) is 2.84. The summed E-state index contributed by atoms with van der Waals surface area (Å²) in [6.45, 7) is 1.92. The van der Waals surface area contributed by atoms with Crippen LogP contribution in [0.15, 0.2) is 24.7 Å². The van der Waals surface area contributed by atoms with Crippen LogP contribution in [0.1, 0.15) is 28.9 Å². The third-order valence-corrected chi connectivity index (χ3v) is 2.55. The van der Waals surface area contributed by atoms with Crippen LogP contribution in [0.5, 0.6) is 0 Å². The molecule has 1 amide bonds. The third-order valence-electron chi connectivity index (χ3n) is 2.55. The van der Waals surface area contributed by atoms with E-state index in [9.17, 15) is 4.79 Å². The number of aromatic amines is 1. The van der Waals surface area contributed by atoms with E-state index in [0.29, 0.717) is 11.5 Å². The van der Waals surface area contributed by atoms with Crippen LogP contribution in [-0.2, 0) is 0 Å². The van der Waals surface area contributed by atoms with Crippen molar-refractivity contribution in [2.24, 2.45) is 5.73 Å². The van der Waals surface area contributed by atoms with Crippen molar-refractivity contribution in [3.05, 3.63) is 35.8 Å². The highest BCUT2D eigenvalue weighted by molar-refractivity contribution is 5.98. The van der Waals surface area contributed by atoms with Crippen molar-refractivity contribution in [2.45, 2.75) is 13.0 Å². The van der Waals surface area contributed by atoms with Crippen molar-refractivity contribution in [1.29, 1.82) is 0 Å². The summed E-state index contributed by atoms with van der Waals surface area (Å²) in [7, 11) is 0. The number of nitrogens with two attached hydrogens (primary N) is 2. The Hall–Kier alpha value is -2.57. The Labute approximate surface area is 104 Å². The molecule has 18 heavy (non-hydrogen) atoms. The predicted octanol–water partition coefficient (Wildman–Crippen LogP) is 0.659. The first-order valence-electron chi connectivity index (χ1n) is 5.38.